The highest BCUT2D eigenvalue weighted by Crippen LogP contribution is 2.23. The van der Waals surface area contributed by atoms with E-state index in [4.69, 9.17) is 15.9 Å². The molecular formula is C12H11FN4O. The van der Waals surface area contributed by atoms with Crippen LogP contribution in [0, 0.1) is 18.2 Å². The van der Waals surface area contributed by atoms with Crippen molar-refractivity contribution in [3.05, 3.63) is 47.4 Å². The molecule has 0 radical (unpaired) electrons. The van der Waals surface area contributed by atoms with Crippen LogP contribution in [0.1, 0.15) is 11.1 Å². The SMILES string of the molecule is Cc1cc(Oc2nnccc2C(=N)N)ccc1F. The maximum Gasteiger partial charge on any atom is 0.249 e. The quantitative estimate of drug-likeness (QED) is 0.640. The Morgan fingerprint density at radius 3 is 2.83 bits per heavy atom. The minimum absolute atomic E-state index is 0.121. The molecule has 2 rings (SSSR count). The lowest BCUT2D eigenvalue weighted by molar-refractivity contribution is 0.452. The largest absolute Gasteiger partial charge is 0.437 e. The third-order valence-corrected chi connectivity index (χ3v) is 2.32. The average molecular weight is 246 g/mol. The van der Waals surface area contributed by atoms with E-state index in [9.17, 15) is 4.39 Å². The lowest BCUT2D eigenvalue weighted by Gasteiger charge is -2.08. The Balaban J connectivity index is 2.34. The topological polar surface area (TPSA) is 84.9 Å². The Kier molecular flexibility index (Phi) is 3.18. The summed E-state index contributed by atoms with van der Waals surface area (Å²) in [6.07, 6.45) is 1.42. The lowest BCUT2D eigenvalue weighted by Crippen LogP contribution is -2.13. The van der Waals surface area contributed by atoms with Gasteiger partial charge in [0.1, 0.15) is 17.4 Å². The second-order valence-electron chi connectivity index (χ2n) is 3.68. The van der Waals surface area contributed by atoms with Crippen LogP contribution in [0.5, 0.6) is 11.6 Å². The number of nitrogens with zero attached hydrogens (tertiary/aromatic N) is 2. The molecular weight excluding hydrogens is 235 g/mol. The van der Waals surface area contributed by atoms with Crippen LogP contribution in [-0.4, -0.2) is 16.0 Å². The van der Waals surface area contributed by atoms with Gasteiger partial charge in [-0.1, -0.05) is 0 Å². The van der Waals surface area contributed by atoms with Crippen LogP contribution in [0.25, 0.3) is 0 Å². The smallest absolute Gasteiger partial charge is 0.249 e. The molecule has 6 heteroatoms. The van der Waals surface area contributed by atoms with Gasteiger partial charge in [0.15, 0.2) is 0 Å². The number of nitrogens with two attached hydrogens (primary N) is 1. The van der Waals surface area contributed by atoms with Crippen molar-refractivity contribution in [1.29, 1.82) is 5.41 Å². The molecule has 0 aliphatic heterocycles. The van der Waals surface area contributed by atoms with Crippen molar-refractivity contribution in [3.8, 4) is 11.6 Å². The molecule has 3 N–H and O–H groups in total. The van der Waals surface area contributed by atoms with Crippen LogP contribution in [0.15, 0.2) is 30.5 Å². The zero-order chi connectivity index (χ0) is 13.1. The second kappa shape index (κ2) is 4.79. The molecule has 1 heterocycles. The van der Waals surface area contributed by atoms with Gasteiger partial charge in [0.25, 0.3) is 0 Å². The van der Waals surface area contributed by atoms with Gasteiger partial charge in [-0.2, -0.15) is 5.10 Å². The maximum atomic E-state index is 13.1. The molecule has 0 spiro atoms. The molecule has 1 aromatic carbocycles. The second-order valence-corrected chi connectivity index (χ2v) is 3.68. The Hall–Kier alpha value is -2.50. The zero-order valence-electron chi connectivity index (χ0n) is 9.64. The highest BCUT2D eigenvalue weighted by atomic mass is 19.1. The Labute approximate surface area is 103 Å². The summed E-state index contributed by atoms with van der Waals surface area (Å²) in [6, 6.07) is 5.84. The minimum atomic E-state index is -0.312. The fourth-order valence-electron chi connectivity index (χ4n) is 1.39. The summed E-state index contributed by atoms with van der Waals surface area (Å²) in [5.74, 6) is 0.0555. The molecule has 0 saturated carbocycles. The predicted octanol–water partition coefficient (Wildman–Crippen LogP) is 2.00. The summed E-state index contributed by atoms with van der Waals surface area (Å²) in [5.41, 5.74) is 6.20. The molecule has 2 aromatic rings. The van der Waals surface area contributed by atoms with Gasteiger partial charge in [-0.15, -0.1) is 5.10 Å². The molecule has 0 fully saturated rings. The van der Waals surface area contributed by atoms with E-state index in [1.54, 1.807) is 6.92 Å². The number of hydrogen-bond donors (Lipinski definition) is 2. The summed E-state index contributed by atoms with van der Waals surface area (Å²) in [5, 5.41) is 14.8. The highest BCUT2D eigenvalue weighted by molar-refractivity contribution is 5.96. The molecule has 0 amide bonds. The van der Waals surface area contributed by atoms with Gasteiger partial charge >= 0.3 is 0 Å². The van der Waals surface area contributed by atoms with Crippen molar-refractivity contribution < 1.29 is 9.13 Å². The molecule has 0 bridgehead atoms. The molecule has 0 atom stereocenters. The van der Waals surface area contributed by atoms with Gasteiger partial charge in [-0.25, -0.2) is 4.39 Å². The van der Waals surface area contributed by atoms with E-state index < -0.39 is 0 Å². The van der Waals surface area contributed by atoms with E-state index in [1.165, 1.54) is 30.5 Å². The van der Waals surface area contributed by atoms with E-state index >= 15 is 0 Å². The molecule has 0 aliphatic carbocycles. The first-order valence-corrected chi connectivity index (χ1v) is 5.18. The predicted molar refractivity (Wildman–Crippen MR) is 64.3 cm³/mol. The fourth-order valence-corrected chi connectivity index (χ4v) is 1.39. The zero-order valence-corrected chi connectivity index (χ0v) is 9.64. The van der Waals surface area contributed by atoms with Crippen LogP contribution in [0.4, 0.5) is 4.39 Å². The van der Waals surface area contributed by atoms with E-state index in [-0.39, 0.29) is 17.5 Å². The third kappa shape index (κ3) is 2.42. The van der Waals surface area contributed by atoms with Crippen molar-refractivity contribution in [1.82, 2.24) is 10.2 Å². The molecule has 18 heavy (non-hydrogen) atoms. The van der Waals surface area contributed by atoms with Crippen LogP contribution in [-0.2, 0) is 0 Å². The summed E-state index contributed by atoms with van der Waals surface area (Å²) < 4.78 is 18.6. The first-order valence-electron chi connectivity index (χ1n) is 5.18. The van der Waals surface area contributed by atoms with Crippen LogP contribution < -0.4 is 10.5 Å². The molecule has 92 valence electrons. The number of aromatic nitrogens is 2. The maximum absolute atomic E-state index is 13.1. The van der Waals surface area contributed by atoms with Gasteiger partial charge in [-0.05, 0) is 36.8 Å². The number of nitrogen functional groups attached to an aromatic ring is 1. The van der Waals surface area contributed by atoms with Crippen molar-refractivity contribution in [2.75, 3.05) is 0 Å². The number of amidine groups is 1. The monoisotopic (exact) mass is 246 g/mol. The van der Waals surface area contributed by atoms with Gasteiger partial charge < -0.3 is 10.5 Å². The third-order valence-electron chi connectivity index (χ3n) is 2.32. The molecule has 1 aromatic heterocycles. The van der Waals surface area contributed by atoms with Crippen molar-refractivity contribution in [2.24, 2.45) is 5.73 Å². The lowest BCUT2D eigenvalue weighted by atomic mass is 10.2. The van der Waals surface area contributed by atoms with Crippen molar-refractivity contribution >= 4 is 5.84 Å². The first-order chi connectivity index (χ1) is 8.58. The number of ether oxygens (including phenoxy) is 1. The fraction of sp³-hybridized carbons (Fsp3) is 0.0833. The number of halogens is 1. The average Bonchev–Trinajstić information content (AvgIpc) is 2.34. The summed E-state index contributed by atoms with van der Waals surface area (Å²) >= 11 is 0. The van der Waals surface area contributed by atoms with E-state index in [0.717, 1.165) is 0 Å². The highest BCUT2D eigenvalue weighted by Gasteiger charge is 2.10. The normalized spacial score (nSPS) is 10.1. The molecule has 0 saturated heterocycles. The Morgan fingerprint density at radius 1 is 1.39 bits per heavy atom. The van der Waals surface area contributed by atoms with Crippen molar-refractivity contribution in [3.63, 3.8) is 0 Å². The summed E-state index contributed by atoms with van der Waals surface area (Å²) in [4.78, 5) is 0. The number of aryl methyl sites for hydroxylation is 1. The van der Waals surface area contributed by atoms with Crippen LogP contribution in [0.3, 0.4) is 0 Å². The number of rotatable bonds is 3. The van der Waals surface area contributed by atoms with E-state index in [2.05, 4.69) is 10.2 Å². The molecule has 5 nitrogen and oxygen atoms in total. The van der Waals surface area contributed by atoms with Gasteiger partial charge in [-0.3, -0.25) is 5.41 Å². The summed E-state index contributed by atoms with van der Waals surface area (Å²) in [6.45, 7) is 1.63. The Bertz CT molecular complexity index is 600. The number of benzene rings is 1. The number of nitrogens with one attached hydrogen (secondary N) is 1. The molecule has 0 aliphatic rings. The van der Waals surface area contributed by atoms with Crippen LogP contribution >= 0.6 is 0 Å². The van der Waals surface area contributed by atoms with E-state index in [0.29, 0.717) is 16.9 Å². The first kappa shape index (κ1) is 12.0. The molecule has 0 unspecified atom stereocenters. The standard InChI is InChI=1S/C12H11FN4O/c1-7-6-8(2-3-10(7)13)18-12-9(11(14)15)4-5-16-17-12/h2-6H,1H3,(H3,14,15). The summed E-state index contributed by atoms with van der Waals surface area (Å²) in [7, 11) is 0. The number of hydrogen-bond acceptors (Lipinski definition) is 4. The van der Waals surface area contributed by atoms with E-state index in [1.807, 2.05) is 0 Å². The van der Waals surface area contributed by atoms with Gasteiger partial charge in [0.2, 0.25) is 5.88 Å². The van der Waals surface area contributed by atoms with Crippen molar-refractivity contribution in [2.45, 2.75) is 6.92 Å². The van der Waals surface area contributed by atoms with Gasteiger partial charge in [0.05, 0.1) is 11.8 Å². The minimum Gasteiger partial charge on any atom is -0.437 e. The van der Waals surface area contributed by atoms with Crippen LogP contribution in [0.2, 0.25) is 0 Å². The van der Waals surface area contributed by atoms with Gasteiger partial charge in [0, 0.05) is 0 Å². The Morgan fingerprint density at radius 2 is 2.17 bits per heavy atom.